The third-order valence-electron chi connectivity index (χ3n) is 1.53. The first kappa shape index (κ1) is 9.31. The molecule has 3 nitrogen and oxygen atoms in total. The summed E-state index contributed by atoms with van der Waals surface area (Å²) >= 11 is 0. The van der Waals surface area contributed by atoms with E-state index >= 15 is 0 Å². The lowest BCUT2D eigenvalue weighted by Gasteiger charge is -2.29. The summed E-state index contributed by atoms with van der Waals surface area (Å²) in [6.07, 6.45) is 0. The minimum Gasteiger partial charge on any atom is -0.406 e. The molecule has 0 aromatic carbocycles. The zero-order valence-electron chi connectivity index (χ0n) is 6.76. The van der Waals surface area contributed by atoms with Gasteiger partial charge in [0, 0.05) is 7.11 Å². The standard InChI is InChI=1S/C4H15NO2Si2/c1-6-5(8)9(3,4)7-2/h1-4,8H3. The van der Waals surface area contributed by atoms with Crippen molar-refractivity contribution < 1.29 is 9.26 Å². The molecule has 0 bridgehead atoms. The summed E-state index contributed by atoms with van der Waals surface area (Å²) in [5.41, 5.74) is 0. The highest BCUT2D eigenvalue weighted by molar-refractivity contribution is 6.71. The van der Waals surface area contributed by atoms with Gasteiger partial charge in [-0.05, 0) is 13.1 Å². The Morgan fingerprint density at radius 3 is 1.89 bits per heavy atom. The van der Waals surface area contributed by atoms with Gasteiger partial charge in [-0.15, -0.1) is 0 Å². The number of hydrogen-bond donors (Lipinski definition) is 0. The molecule has 0 rings (SSSR count). The maximum absolute atomic E-state index is 5.26. The van der Waals surface area contributed by atoms with Crippen molar-refractivity contribution in [1.29, 1.82) is 0 Å². The van der Waals surface area contributed by atoms with Crippen molar-refractivity contribution in [2.45, 2.75) is 13.1 Å². The van der Waals surface area contributed by atoms with Crippen molar-refractivity contribution in [1.82, 2.24) is 4.39 Å². The molecule has 0 aromatic rings. The van der Waals surface area contributed by atoms with Crippen molar-refractivity contribution in [3.05, 3.63) is 0 Å². The highest BCUT2D eigenvalue weighted by atomic mass is 28.4. The van der Waals surface area contributed by atoms with Gasteiger partial charge in [0.25, 0.3) is 8.48 Å². The highest BCUT2D eigenvalue weighted by Gasteiger charge is 2.26. The lowest BCUT2D eigenvalue weighted by atomic mass is 11.7. The van der Waals surface area contributed by atoms with E-state index in [1.807, 2.05) is 4.39 Å². The molecule has 9 heavy (non-hydrogen) atoms. The third-order valence-corrected chi connectivity index (χ3v) is 7.83. The fourth-order valence-electron chi connectivity index (χ4n) is 0.348. The maximum atomic E-state index is 5.26. The van der Waals surface area contributed by atoms with Crippen molar-refractivity contribution in [2.75, 3.05) is 14.2 Å². The van der Waals surface area contributed by atoms with Crippen LogP contribution in [0.5, 0.6) is 0 Å². The van der Waals surface area contributed by atoms with Gasteiger partial charge in [-0.25, -0.2) is 4.39 Å². The topological polar surface area (TPSA) is 21.7 Å². The van der Waals surface area contributed by atoms with Crippen molar-refractivity contribution >= 4 is 18.9 Å². The third kappa shape index (κ3) is 2.59. The zero-order chi connectivity index (χ0) is 7.49. The van der Waals surface area contributed by atoms with E-state index < -0.39 is 8.48 Å². The molecule has 0 N–H and O–H groups in total. The quantitative estimate of drug-likeness (QED) is 0.415. The number of hydrogen-bond acceptors (Lipinski definition) is 3. The van der Waals surface area contributed by atoms with Gasteiger partial charge < -0.3 is 9.26 Å². The van der Waals surface area contributed by atoms with E-state index in [-0.39, 0.29) is 0 Å². The Bertz CT molecular complexity index is 88.6. The van der Waals surface area contributed by atoms with E-state index in [1.165, 1.54) is 0 Å². The molecule has 0 radical (unpaired) electrons. The van der Waals surface area contributed by atoms with Gasteiger partial charge in [0.05, 0.1) is 7.11 Å². The lowest BCUT2D eigenvalue weighted by molar-refractivity contribution is 0.00171. The molecule has 0 aliphatic heterocycles. The lowest BCUT2D eigenvalue weighted by Crippen LogP contribution is -2.48. The van der Waals surface area contributed by atoms with Crippen LogP contribution in [0, 0.1) is 0 Å². The van der Waals surface area contributed by atoms with Gasteiger partial charge in [0.1, 0.15) is 10.4 Å². The van der Waals surface area contributed by atoms with E-state index in [1.54, 1.807) is 14.2 Å². The second-order valence-corrected chi connectivity index (χ2v) is 7.97. The van der Waals surface area contributed by atoms with Crippen LogP contribution in [-0.4, -0.2) is 37.5 Å². The van der Waals surface area contributed by atoms with Crippen LogP contribution in [0.2, 0.25) is 13.1 Å². The van der Waals surface area contributed by atoms with Gasteiger partial charge in [0.2, 0.25) is 0 Å². The summed E-state index contributed by atoms with van der Waals surface area (Å²) < 4.78 is 7.19. The van der Waals surface area contributed by atoms with E-state index in [0.717, 1.165) is 10.4 Å². The van der Waals surface area contributed by atoms with Crippen molar-refractivity contribution in [3.8, 4) is 0 Å². The molecule has 0 aliphatic rings. The molecular weight excluding hydrogens is 150 g/mol. The molecule has 0 saturated carbocycles. The summed E-state index contributed by atoms with van der Waals surface area (Å²) in [5.74, 6) is 0. The van der Waals surface area contributed by atoms with Gasteiger partial charge in [0.15, 0.2) is 0 Å². The summed E-state index contributed by atoms with van der Waals surface area (Å²) in [6, 6.07) is 0. The second-order valence-electron chi connectivity index (χ2n) is 2.33. The molecule has 0 spiro atoms. The van der Waals surface area contributed by atoms with Crippen molar-refractivity contribution in [2.24, 2.45) is 0 Å². The molecule has 0 atom stereocenters. The largest absolute Gasteiger partial charge is 0.406 e. The van der Waals surface area contributed by atoms with Crippen LogP contribution in [-0.2, 0) is 9.26 Å². The Labute approximate surface area is 60.6 Å². The first-order valence-electron chi connectivity index (χ1n) is 2.87. The van der Waals surface area contributed by atoms with Crippen molar-refractivity contribution in [3.63, 3.8) is 0 Å². The molecule has 5 heteroatoms. The van der Waals surface area contributed by atoms with E-state index in [9.17, 15) is 0 Å². The first-order chi connectivity index (χ1) is 4.04. The Hall–Kier alpha value is 0.314. The Balaban J connectivity index is 3.80. The van der Waals surface area contributed by atoms with E-state index in [4.69, 9.17) is 9.26 Å². The van der Waals surface area contributed by atoms with E-state index in [2.05, 4.69) is 13.1 Å². The van der Waals surface area contributed by atoms with Crippen LogP contribution >= 0.6 is 0 Å². The molecule has 0 heterocycles. The molecular formula is C4H15NO2Si2. The normalized spacial score (nSPS) is 13.0. The SMILES string of the molecule is CON([SiH3])[Si](C)(C)OC. The second kappa shape index (κ2) is 3.47. The van der Waals surface area contributed by atoms with Gasteiger partial charge in [-0.3, -0.25) is 0 Å². The predicted octanol–water partition coefficient (Wildman–Crippen LogP) is -0.522. The van der Waals surface area contributed by atoms with E-state index in [0.29, 0.717) is 0 Å². The Kier molecular flexibility index (Phi) is 3.60. The smallest absolute Gasteiger partial charge is 0.280 e. The number of rotatable bonds is 3. The summed E-state index contributed by atoms with van der Waals surface area (Å²) in [5, 5.41) is 0. The highest BCUT2D eigenvalue weighted by Crippen LogP contribution is 2.05. The fraction of sp³-hybridized carbons (Fsp3) is 1.00. The molecule has 0 unspecified atom stereocenters. The predicted molar refractivity (Wildman–Crippen MR) is 43.3 cm³/mol. The minimum absolute atomic E-state index is 0.906. The van der Waals surface area contributed by atoms with Gasteiger partial charge in [-0.2, -0.15) is 0 Å². The molecule has 0 saturated heterocycles. The Morgan fingerprint density at radius 2 is 1.78 bits per heavy atom. The summed E-state index contributed by atoms with van der Waals surface area (Å²) in [7, 11) is 2.71. The molecule has 56 valence electrons. The average molecular weight is 165 g/mol. The Morgan fingerprint density at radius 1 is 1.33 bits per heavy atom. The monoisotopic (exact) mass is 165 g/mol. The fourth-order valence-corrected chi connectivity index (χ4v) is 1.59. The maximum Gasteiger partial charge on any atom is 0.280 e. The van der Waals surface area contributed by atoms with Gasteiger partial charge >= 0.3 is 0 Å². The van der Waals surface area contributed by atoms with Crippen LogP contribution in [0.15, 0.2) is 0 Å². The van der Waals surface area contributed by atoms with Gasteiger partial charge in [-0.1, -0.05) is 0 Å². The molecule has 0 fully saturated rings. The van der Waals surface area contributed by atoms with Crippen LogP contribution in [0.3, 0.4) is 0 Å². The van der Waals surface area contributed by atoms with Crippen LogP contribution in [0.25, 0.3) is 0 Å². The summed E-state index contributed by atoms with van der Waals surface area (Å²) in [6.45, 7) is 4.20. The minimum atomic E-state index is -1.61. The summed E-state index contributed by atoms with van der Waals surface area (Å²) in [4.78, 5) is 5.04. The number of nitrogens with zero attached hydrogens (tertiary/aromatic N) is 1. The van der Waals surface area contributed by atoms with Crippen LogP contribution in [0.1, 0.15) is 0 Å². The van der Waals surface area contributed by atoms with Crippen LogP contribution in [0.4, 0.5) is 0 Å². The molecule has 0 aliphatic carbocycles. The first-order valence-corrected chi connectivity index (χ1v) is 6.62. The molecule has 0 aromatic heterocycles. The zero-order valence-corrected chi connectivity index (χ0v) is 9.76. The molecule has 0 amide bonds. The average Bonchev–Trinajstić information content (AvgIpc) is 1.86. The van der Waals surface area contributed by atoms with Crippen LogP contribution < -0.4 is 0 Å².